The molecule has 0 spiro atoms. The van der Waals surface area contributed by atoms with Gasteiger partial charge in [0.05, 0.1) is 33.1 Å². The lowest BCUT2D eigenvalue weighted by Crippen LogP contribution is -2.15. The van der Waals surface area contributed by atoms with Gasteiger partial charge in [0.2, 0.25) is 0 Å². The second kappa shape index (κ2) is 4.90. The number of imidazole rings is 1. The summed E-state index contributed by atoms with van der Waals surface area (Å²) in [6, 6.07) is 10.7. The molecule has 2 aromatic carbocycles. The zero-order valence-corrected chi connectivity index (χ0v) is 12.6. The van der Waals surface area contributed by atoms with Gasteiger partial charge >= 0.3 is 5.76 Å². The Morgan fingerprint density at radius 3 is 2.82 bits per heavy atom. The van der Waals surface area contributed by atoms with Crippen LogP contribution in [-0.2, 0) is 6.54 Å². The van der Waals surface area contributed by atoms with Crippen LogP contribution in [0.1, 0.15) is 5.82 Å². The first kappa shape index (κ1) is 13.4. The summed E-state index contributed by atoms with van der Waals surface area (Å²) >= 11 is 12.0. The summed E-state index contributed by atoms with van der Waals surface area (Å²) in [5, 5.41) is 0.897. The second-order valence-electron chi connectivity index (χ2n) is 4.89. The number of rotatable bonds is 2. The molecule has 0 fully saturated rings. The maximum atomic E-state index is 12.0. The van der Waals surface area contributed by atoms with Gasteiger partial charge in [-0.3, -0.25) is 4.57 Å². The van der Waals surface area contributed by atoms with Crippen LogP contribution in [0.2, 0.25) is 10.0 Å². The summed E-state index contributed by atoms with van der Waals surface area (Å²) in [4.78, 5) is 19.6. The highest BCUT2D eigenvalue weighted by Crippen LogP contribution is 2.26. The smallest absolute Gasteiger partial charge is 0.408 e. The molecular weight excluding hydrogens is 325 g/mol. The minimum Gasteiger partial charge on any atom is -0.408 e. The molecule has 110 valence electrons. The summed E-state index contributed by atoms with van der Waals surface area (Å²) in [5.41, 5.74) is 2.74. The van der Waals surface area contributed by atoms with E-state index in [4.69, 9.17) is 27.6 Å². The zero-order valence-electron chi connectivity index (χ0n) is 11.1. The van der Waals surface area contributed by atoms with Crippen molar-refractivity contribution in [3.05, 3.63) is 62.8 Å². The van der Waals surface area contributed by atoms with Gasteiger partial charge in [-0.15, -0.1) is 0 Å². The molecule has 1 N–H and O–H groups in total. The van der Waals surface area contributed by atoms with Crippen LogP contribution < -0.4 is 5.76 Å². The van der Waals surface area contributed by atoms with Gasteiger partial charge in [0.15, 0.2) is 5.58 Å². The molecule has 2 aromatic heterocycles. The number of hydrogen-bond acceptors (Lipinski definition) is 3. The average molecular weight is 334 g/mol. The third kappa shape index (κ3) is 2.10. The number of nitrogens with one attached hydrogen (secondary N) is 1. The molecule has 0 aliphatic heterocycles. The van der Waals surface area contributed by atoms with Crippen molar-refractivity contribution in [2.24, 2.45) is 0 Å². The highest BCUT2D eigenvalue weighted by Gasteiger charge is 2.12. The van der Waals surface area contributed by atoms with Crippen LogP contribution in [0.15, 0.2) is 45.6 Å². The van der Waals surface area contributed by atoms with E-state index < -0.39 is 5.76 Å². The number of benzene rings is 2. The Balaban J connectivity index is 1.82. The van der Waals surface area contributed by atoms with E-state index in [1.807, 2.05) is 18.2 Å². The summed E-state index contributed by atoms with van der Waals surface area (Å²) in [6.07, 6.45) is 0. The number of fused-ring (bicyclic) bond motifs is 2. The van der Waals surface area contributed by atoms with Crippen molar-refractivity contribution in [1.82, 2.24) is 14.5 Å². The van der Waals surface area contributed by atoms with Gasteiger partial charge in [-0.1, -0.05) is 35.3 Å². The van der Waals surface area contributed by atoms with E-state index in [-0.39, 0.29) is 6.54 Å². The number of aromatic amines is 1. The molecule has 0 saturated heterocycles. The minimum atomic E-state index is -0.419. The van der Waals surface area contributed by atoms with E-state index in [1.54, 1.807) is 18.2 Å². The number of H-pyrrole nitrogens is 1. The molecule has 7 heteroatoms. The van der Waals surface area contributed by atoms with Gasteiger partial charge in [-0.2, -0.15) is 0 Å². The van der Waals surface area contributed by atoms with Crippen LogP contribution in [0, 0.1) is 0 Å². The van der Waals surface area contributed by atoms with Crippen LogP contribution in [-0.4, -0.2) is 14.5 Å². The van der Waals surface area contributed by atoms with Crippen LogP contribution in [0.25, 0.3) is 22.1 Å². The molecule has 4 rings (SSSR count). The van der Waals surface area contributed by atoms with Crippen molar-refractivity contribution >= 4 is 45.3 Å². The maximum Gasteiger partial charge on any atom is 0.420 e. The molecule has 0 amide bonds. The molecular formula is C15H9Cl2N3O2. The normalized spacial score (nSPS) is 11.5. The number of hydrogen-bond donors (Lipinski definition) is 1. The molecule has 0 bridgehead atoms. The number of para-hydroxylation sites is 2. The largest absolute Gasteiger partial charge is 0.420 e. The second-order valence-corrected chi connectivity index (χ2v) is 5.70. The molecule has 4 aromatic rings. The third-order valence-corrected chi connectivity index (χ3v) is 4.18. The van der Waals surface area contributed by atoms with Gasteiger partial charge in [0.25, 0.3) is 0 Å². The number of nitrogens with zero attached hydrogens (tertiary/aromatic N) is 2. The SMILES string of the molecule is O=c1oc2ccccc2n1Cc1nc2cc(Cl)c(Cl)cc2[nH]1. The molecule has 22 heavy (non-hydrogen) atoms. The van der Waals surface area contributed by atoms with Crippen molar-refractivity contribution in [2.75, 3.05) is 0 Å². The fraction of sp³-hybridized carbons (Fsp3) is 0.0667. The van der Waals surface area contributed by atoms with Gasteiger partial charge < -0.3 is 9.40 Å². The standard InChI is InChI=1S/C15H9Cl2N3O2/c16-8-5-10-11(6-9(8)17)19-14(18-10)7-20-12-3-1-2-4-13(12)22-15(20)21/h1-6H,7H2,(H,18,19). The van der Waals surface area contributed by atoms with Crippen molar-refractivity contribution in [2.45, 2.75) is 6.54 Å². The summed E-state index contributed by atoms with van der Waals surface area (Å²) in [6.45, 7) is 0.278. The van der Waals surface area contributed by atoms with Crippen LogP contribution in [0.5, 0.6) is 0 Å². The lowest BCUT2D eigenvalue weighted by Gasteiger charge is -1.98. The predicted molar refractivity (Wildman–Crippen MR) is 85.7 cm³/mol. The van der Waals surface area contributed by atoms with Crippen LogP contribution in [0.3, 0.4) is 0 Å². The monoisotopic (exact) mass is 333 g/mol. The molecule has 0 atom stereocenters. The highest BCUT2D eigenvalue weighted by molar-refractivity contribution is 6.42. The lowest BCUT2D eigenvalue weighted by molar-refractivity contribution is 0.514. The Bertz CT molecular complexity index is 1020. The van der Waals surface area contributed by atoms with E-state index in [0.29, 0.717) is 27.0 Å². The molecule has 0 unspecified atom stereocenters. The quantitative estimate of drug-likeness (QED) is 0.606. The molecule has 0 aliphatic carbocycles. The van der Waals surface area contributed by atoms with E-state index >= 15 is 0 Å². The maximum absolute atomic E-state index is 12.0. The fourth-order valence-electron chi connectivity index (χ4n) is 2.45. The Morgan fingerprint density at radius 2 is 1.95 bits per heavy atom. The van der Waals surface area contributed by atoms with E-state index in [1.165, 1.54) is 4.57 Å². The van der Waals surface area contributed by atoms with E-state index in [2.05, 4.69) is 9.97 Å². The van der Waals surface area contributed by atoms with Crippen molar-refractivity contribution in [3.63, 3.8) is 0 Å². The number of halogens is 2. The zero-order chi connectivity index (χ0) is 15.3. The fourth-order valence-corrected chi connectivity index (χ4v) is 2.77. The topological polar surface area (TPSA) is 63.8 Å². The van der Waals surface area contributed by atoms with Gasteiger partial charge in [0.1, 0.15) is 5.82 Å². The first-order valence-electron chi connectivity index (χ1n) is 6.54. The predicted octanol–water partition coefficient (Wildman–Crippen LogP) is 3.83. The molecule has 0 aliphatic rings. The van der Waals surface area contributed by atoms with Crippen molar-refractivity contribution in [3.8, 4) is 0 Å². The Hall–Kier alpha value is -2.24. The Morgan fingerprint density at radius 1 is 1.18 bits per heavy atom. The molecule has 0 saturated carbocycles. The number of aromatic nitrogens is 3. The Kier molecular flexibility index (Phi) is 2.99. The third-order valence-electron chi connectivity index (χ3n) is 3.45. The summed E-state index contributed by atoms with van der Waals surface area (Å²) in [5.74, 6) is 0.208. The lowest BCUT2D eigenvalue weighted by atomic mass is 10.3. The average Bonchev–Trinajstić information content (AvgIpc) is 3.01. The van der Waals surface area contributed by atoms with Gasteiger partial charge in [-0.25, -0.2) is 9.78 Å². The summed E-state index contributed by atoms with van der Waals surface area (Å²) in [7, 11) is 0. The van der Waals surface area contributed by atoms with Crippen molar-refractivity contribution < 1.29 is 4.42 Å². The highest BCUT2D eigenvalue weighted by atomic mass is 35.5. The van der Waals surface area contributed by atoms with Crippen LogP contribution >= 0.6 is 23.2 Å². The molecule has 5 nitrogen and oxygen atoms in total. The van der Waals surface area contributed by atoms with Gasteiger partial charge in [-0.05, 0) is 24.3 Å². The Labute approximate surface area is 134 Å². The van der Waals surface area contributed by atoms with Gasteiger partial charge in [0, 0.05) is 0 Å². The van der Waals surface area contributed by atoms with Crippen molar-refractivity contribution in [1.29, 1.82) is 0 Å². The van der Waals surface area contributed by atoms with E-state index in [0.717, 1.165) is 11.0 Å². The summed E-state index contributed by atoms with van der Waals surface area (Å²) < 4.78 is 6.73. The molecule has 0 radical (unpaired) electrons. The number of oxazole rings is 1. The van der Waals surface area contributed by atoms with Crippen LogP contribution in [0.4, 0.5) is 0 Å². The van der Waals surface area contributed by atoms with E-state index in [9.17, 15) is 4.79 Å². The molecule has 2 heterocycles. The minimum absolute atomic E-state index is 0.278. The first-order valence-corrected chi connectivity index (χ1v) is 7.29. The first-order chi connectivity index (χ1) is 10.6.